The van der Waals surface area contributed by atoms with Gasteiger partial charge in [-0.2, -0.15) is 0 Å². The summed E-state index contributed by atoms with van der Waals surface area (Å²) in [6, 6.07) is 19.2. The molecule has 5 heterocycles. The molecule has 5 aliphatic heterocycles. The highest BCUT2D eigenvalue weighted by Crippen LogP contribution is 2.71. The van der Waals surface area contributed by atoms with Crippen molar-refractivity contribution in [2.45, 2.75) is 181 Å². The predicted octanol–water partition coefficient (Wildman–Crippen LogP) is 10.8. The van der Waals surface area contributed by atoms with Crippen molar-refractivity contribution >= 4 is 5.97 Å². The van der Waals surface area contributed by atoms with Crippen LogP contribution in [0.15, 0.2) is 72.3 Å². The zero-order chi connectivity index (χ0) is 45.7. The van der Waals surface area contributed by atoms with Crippen LogP contribution in [0.2, 0.25) is 0 Å². The van der Waals surface area contributed by atoms with Crippen molar-refractivity contribution in [3.8, 4) is 0 Å². The van der Waals surface area contributed by atoms with Gasteiger partial charge in [0.1, 0.15) is 12.2 Å². The molecule has 360 valence electrons. The van der Waals surface area contributed by atoms with E-state index in [0.717, 1.165) is 44.3 Å². The summed E-state index contributed by atoms with van der Waals surface area (Å²) in [5.74, 6) is 2.80. The molecule has 11 rings (SSSR count). The van der Waals surface area contributed by atoms with E-state index in [1.807, 2.05) is 48.5 Å². The number of rotatable bonds is 7. The van der Waals surface area contributed by atoms with Gasteiger partial charge in [0.05, 0.1) is 43.2 Å². The molecule has 0 radical (unpaired) electrons. The van der Waals surface area contributed by atoms with Gasteiger partial charge in [-0.1, -0.05) is 109 Å². The number of hydrogen-bond donors (Lipinski definition) is 0. The lowest BCUT2D eigenvalue weighted by molar-refractivity contribution is -0.385. The van der Waals surface area contributed by atoms with Gasteiger partial charge in [-0.25, -0.2) is 4.79 Å². The SMILES string of the molecule is CC1OC(OC2[C@H](O[C@H]3CC[C@@]4(C)C(=CC[C@H]5[C@@H]6C[C@@H]7O[C@]8(CC[C@@H](C)CO8)[C@@H](C)[C@@H]7[C@@]6(C)CC[C@@H]54)C3)OC3COC(c4ccccc4)O[C@H]3[C@@H]2C)C(OC(=O)c2ccccc2)C(C)C1C. The first-order valence-electron chi connectivity index (χ1n) is 26.0. The van der Waals surface area contributed by atoms with Crippen molar-refractivity contribution in [3.05, 3.63) is 83.4 Å². The zero-order valence-corrected chi connectivity index (χ0v) is 40.7. The standard InChI is InChI=1S/C56H76O10/c1-31-21-26-56(59-29-31)35(5)46-44(66-56)28-43-41-20-19-39-27-40(22-24-54(39,7)42(41)23-25-55(43,46)8)61-53-49(34(4)47-45(62-53)30-58-51(64-47)38-17-13-10-14-18-38)65-52-48(33(3)32(2)36(6)60-52)63-50(57)37-15-11-9-12-16-37/h9-19,31-36,40-49,51-53H,20-30H2,1-8H3/t31-,32?,33?,34+,35+,36?,40+,41-,42+,43+,44+,45?,46+,47+,48?,49?,51?,52?,53-,54+,55+,56-/m1/s1. The molecule has 22 atom stereocenters. The number of benzene rings is 2. The summed E-state index contributed by atoms with van der Waals surface area (Å²) in [6.07, 6.45) is 8.83. The topological polar surface area (TPSA) is 100 Å². The Bertz CT molecular complexity index is 2070. The first-order valence-corrected chi connectivity index (χ1v) is 26.0. The van der Waals surface area contributed by atoms with E-state index in [1.54, 1.807) is 17.7 Å². The maximum absolute atomic E-state index is 13.6. The minimum atomic E-state index is -0.833. The summed E-state index contributed by atoms with van der Waals surface area (Å²) in [5, 5.41) is 0. The Labute approximate surface area is 393 Å². The van der Waals surface area contributed by atoms with Crippen molar-refractivity contribution in [3.63, 3.8) is 0 Å². The predicted molar refractivity (Wildman–Crippen MR) is 248 cm³/mol. The Morgan fingerprint density at radius 2 is 1.48 bits per heavy atom. The fraction of sp³-hybridized carbons (Fsp3) is 0.732. The van der Waals surface area contributed by atoms with Gasteiger partial charge in [0.25, 0.3) is 0 Å². The van der Waals surface area contributed by atoms with Crippen LogP contribution in [0.1, 0.15) is 135 Å². The second-order valence-electron chi connectivity index (χ2n) is 23.1. The Morgan fingerprint density at radius 3 is 2.24 bits per heavy atom. The van der Waals surface area contributed by atoms with E-state index in [4.69, 9.17) is 42.6 Å². The van der Waals surface area contributed by atoms with Gasteiger partial charge in [-0.15, -0.1) is 0 Å². The second kappa shape index (κ2) is 17.6. The molecule has 8 unspecified atom stereocenters. The van der Waals surface area contributed by atoms with Crippen LogP contribution >= 0.6 is 0 Å². The Balaban J connectivity index is 0.823. The maximum atomic E-state index is 13.6. The molecule has 0 aromatic heterocycles. The molecule has 0 bridgehead atoms. The molecule has 10 nitrogen and oxygen atoms in total. The Kier molecular flexibility index (Phi) is 12.2. The highest BCUT2D eigenvalue weighted by molar-refractivity contribution is 5.89. The van der Waals surface area contributed by atoms with Crippen molar-refractivity contribution in [1.82, 2.24) is 0 Å². The van der Waals surface area contributed by atoms with Crippen molar-refractivity contribution in [2.75, 3.05) is 13.2 Å². The summed E-state index contributed by atoms with van der Waals surface area (Å²) in [6.45, 7) is 19.7. The number of carbonyl (C=O) groups excluding carboxylic acids is 1. The lowest BCUT2D eigenvalue weighted by atomic mass is 9.47. The van der Waals surface area contributed by atoms with Crippen LogP contribution in [0.25, 0.3) is 0 Å². The van der Waals surface area contributed by atoms with Crippen molar-refractivity contribution in [2.24, 2.45) is 64.1 Å². The minimum absolute atomic E-state index is 0.0258. The fourth-order valence-electron chi connectivity index (χ4n) is 15.4. The number of ether oxygens (including phenoxy) is 9. The van der Waals surface area contributed by atoms with Crippen LogP contribution in [0.3, 0.4) is 0 Å². The normalized spacial score (nSPS) is 49.7. The molecule has 9 aliphatic rings. The van der Waals surface area contributed by atoms with Gasteiger partial charge in [0, 0.05) is 29.7 Å². The van der Waals surface area contributed by atoms with E-state index >= 15 is 0 Å². The van der Waals surface area contributed by atoms with Crippen LogP contribution in [-0.2, 0) is 42.6 Å². The van der Waals surface area contributed by atoms with E-state index in [9.17, 15) is 4.79 Å². The van der Waals surface area contributed by atoms with E-state index < -0.39 is 37.0 Å². The molecule has 1 spiro atoms. The average Bonchev–Trinajstić information content (AvgIpc) is 3.78. The third kappa shape index (κ3) is 7.69. The summed E-state index contributed by atoms with van der Waals surface area (Å²) >= 11 is 0. The summed E-state index contributed by atoms with van der Waals surface area (Å²) < 4.78 is 61.1. The molecule has 5 saturated heterocycles. The number of carbonyl (C=O) groups is 1. The van der Waals surface area contributed by atoms with Crippen LogP contribution < -0.4 is 0 Å². The molecule has 8 fully saturated rings. The summed E-state index contributed by atoms with van der Waals surface area (Å²) in [7, 11) is 0. The van der Waals surface area contributed by atoms with Gasteiger partial charge in [-0.05, 0) is 117 Å². The van der Waals surface area contributed by atoms with Gasteiger partial charge in [-0.3, -0.25) is 0 Å². The van der Waals surface area contributed by atoms with Gasteiger partial charge < -0.3 is 42.6 Å². The first kappa shape index (κ1) is 45.8. The molecule has 2 aromatic rings. The summed E-state index contributed by atoms with van der Waals surface area (Å²) in [5.41, 5.74) is 3.45. The smallest absolute Gasteiger partial charge is 0.338 e. The Morgan fingerprint density at radius 1 is 0.727 bits per heavy atom. The monoisotopic (exact) mass is 909 g/mol. The fourth-order valence-corrected chi connectivity index (χ4v) is 15.4. The third-order valence-corrected chi connectivity index (χ3v) is 19.6. The number of esters is 1. The van der Waals surface area contributed by atoms with Crippen LogP contribution in [0, 0.1) is 64.1 Å². The third-order valence-electron chi connectivity index (χ3n) is 19.6. The number of fused-ring (bicyclic) bond motifs is 8. The molecule has 10 heteroatoms. The maximum Gasteiger partial charge on any atom is 0.338 e. The van der Waals surface area contributed by atoms with E-state index in [0.29, 0.717) is 53.8 Å². The zero-order valence-electron chi connectivity index (χ0n) is 40.7. The van der Waals surface area contributed by atoms with Crippen LogP contribution in [0.5, 0.6) is 0 Å². The Hall–Kier alpha value is -2.67. The first-order chi connectivity index (χ1) is 31.8. The van der Waals surface area contributed by atoms with Gasteiger partial charge in [0.2, 0.25) is 0 Å². The minimum Gasteiger partial charge on any atom is -0.453 e. The van der Waals surface area contributed by atoms with Gasteiger partial charge in [0.15, 0.2) is 30.8 Å². The molecule has 0 amide bonds. The molecular weight excluding hydrogens is 833 g/mol. The van der Waals surface area contributed by atoms with Crippen molar-refractivity contribution in [1.29, 1.82) is 0 Å². The second-order valence-corrected chi connectivity index (χ2v) is 23.1. The molecule has 2 aromatic carbocycles. The molecule has 3 saturated carbocycles. The average molecular weight is 909 g/mol. The molecule has 4 aliphatic carbocycles. The molecule has 66 heavy (non-hydrogen) atoms. The van der Waals surface area contributed by atoms with Crippen LogP contribution in [0.4, 0.5) is 0 Å². The molecule has 0 N–H and O–H groups in total. The summed E-state index contributed by atoms with van der Waals surface area (Å²) in [4.78, 5) is 13.6. The van der Waals surface area contributed by atoms with Crippen molar-refractivity contribution < 1.29 is 47.4 Å². The number of allylic oxidation sites excluding steroid dienone is 1. The van der Waals surface area contributed by atoms with E-state index in [-0.39, 0.29) is 58.8 Å². The van der Waals surface area contributed by atoms with E-state index in [1.165, 1.54) is 25.7 Å². The largest absolute Gasteiger partial charge is 0.453 e. The van der Waals surface area contributed by atoms with Crippen LogP contribution in [-0.4, -0.2) is 80.3 Å². The number of hydrogen-bond acceptors (Lipinski definition) is 10. The lowest BCUT2D eigenvalue weighted by Crippen LogP contribution is -2.62. The highest BCUT2D eigenvalue weighted by atomic mass is 16.8. The van der Waals surface area contributed by atoms with E-state index in [2.05, 4.69) is 61.5 Å². The quantitative estimate of drug-likeness (QED) is 0.197. The van der Waals surface area contributed by atoms with Gasteiger partial charge >= 0.3 is 5.97 Å². The molecular formula is C56H76O10. The lowest BCUT2D eigenvalue weighted by Gasteiger charge is -2.59. The highest BCUT2D eigenvalue weighted by Gasteiger charge is 2.69.